The Hall–Kier alpha value is -4.13. The first-order valence-corrected chi connectivity index (χ1v) is 10.2. The first-order chi connectivity index (χ1) is 15.5. The Kier molecular flexibility index (Phi) is 5.89. The van der Waals surface area contributed by atoms with Crippen LogP contribution in [0, 0.1) is 0 Å². The number of fused-ring (bicyclic) bond motifs is 1. The second kappa shape index (κ2) is 8.93. The lowest BCUT2D eigenvalue weighted by Crippen LogP contribution is -2.21. The number of carbonyl (C=O) groups excluding carboxylic acids is 3. The van der Waals surface area contributed by atoms with Gasteiger partial charge in [0.2, 0.25) is 0 Å². The van der Waals surface area contributed by atoms with Crippen molar-refractivity contribution in [2.75, 3.05) is 13.2 Å². The van der Waals surface area contributed by atoms with Crippen LogP contribution in [-0.4, -0.2) is 31.0 Å². The zero-order chi connectivity index (χ0) is 22.7. The van der Waals surface area contributed by atoms with Crippen LogP contribution in [0.25, 0.3) is 11.4 Å². The number of hydrogen-bond acceptors (Lipinski definition) is 5. The monoisotopic (exact) mass is 430 g/mol. The van der Waals surface area contributed by atoms with Gasteiger partial charge in [-0.25, -0.2) is 4.79 Å². The minimum Gasteiger partial charge on any atom is -0.493 e. The van der Waals surface area contributed by atoms with E-state index in [-0.39, 0.29) is 18.4 Å². The molecule has 2 heterocycles. The van der Waals surface area contributed by atoms with E-state index in [9.17, 15) is 14.4 Å². The average molecular weight is 430 g/mol. The predicted molar refractivity (Wildman–Crippen MR) is 119 cm³/mol. The van der Waals surface area contributed by atoms with E-state index in [2.05, 4.69) is 17.2 Å². The van der Waals surface area contributed by atoms with Gasteiger partial charge in [0, 0.05) is 17.6 Å². The summed E-state index contributed by atoms with van der Waals surface area (Å²) in [6, 6.07) is 16.4. The number of amides is 2. The van der Waals surface area contributed by atoms with E-state index in [0.717, 1.165) is 5.56 Å². The first-order valence-electron chi connectivity index (χ1n) is 10.2. The van der Waals surface area contributed by atoms with Crippen LogP contribution in [0.5, 0.6) is 5.75 Å². The van der Waals surface area contributed by atoms with E-state index in [1.807, 2.05) is 30.3 Å². The topological polar surface area (TPSA) is 93.7 Å². The van der Waals surface area contributed by atoms with Crippen LogP contribution in [-0.2, 0) is 19.1 Å². The number of esters is 1. The normalized spacial score (nSPS) is 14.8. The number of ether oxygens (including phenoxy) is 2. The lowest BCUT2D eigenvalue weighted by molar-refractivity contribution is -0.139. The summed E-state index contributed by atoms with van der Waals surface area (Å²) in [5, 5.41) is 5.66. The summed E-state index contributed by atoms with van der Waals surface area (Å²) in [7, 11) is 0. The van der Waals surface area contributed by atoms with Crippen molar-refractivity contribution >= 4 is 29.2 Å². The summed E-state index contributed by atoms with van der Waals surface area (Å²) in [5.41, 5.74) is 3.43. The first kappa shape index (κ1) is 21.1. The van der Waals surface area contributed by atoms with E-state index >= 15 is 0 Å². The molecule has 0 bridgehead atoms. The van der Waals surface area contributed by atoms with Crippen molar-refractivity contribution in [3.05, 3.63) is 89.0 Å². The Labute approximate surface area is 185 Å². The van der Waals surface area contributed by atoms with Crippen LogP contribution in [0.4, 0.5) is 0 Å². The number of rotatable bonds is 8. The SMILES string of the molecule is C=C(C)C(=O)OCCCOc1cccc(C2=C3C(=O)NC(c4ccccc4)=C3C(=O)N2)c1. The summed E-state index contributed by atoms with van der Waals surface area (Å²) in [4.78, 5) is 36.8. The van der Waals surface area contributed by atoms with Crippen molar-refractivity contribution in [2.24, 2.45) is 0 Å². The molecule has 0 saturated heterocycles. The molecule has 0 unspecified atom stereocenters. The molecule has 7 nitrogen and oxygen atoms in total. The van der Waals surface area contributed by atoms with Gasteiger partial charge < -0.3 is 20.1 Å². The van der Waals surface area contributed by atoms with Crippen molar-refractivity contribution in [3.8, 4) is 5.75 Å². The average Bonchev–Trinajstić information content (AvgIpc) is 3.32. The standard InChI is InChI=1S/C25H22N2O5/c1-15(2)25(30)32-13-7-12-31-18-11-6-10-17(14-18)22-20-19(23(28)27-22)21(26-24(20)29)16-8-4-3-5-9-16/h3-6,8-11,14H,1,7,12-13H2,2H3,(H,26,29)(H,27,28). The Morgan fingerprint density at radius 1 is 0.875 bits per heavy atom. The second-order valence-corrected chi connectivity index (χ2v) is 7.42. The van der Waals surface area contributed by atoms with Gasteiger partial charge >= 0.3 is 5.97 Å². The minimum atomic E-state index is -0.425. The van der Waals surface area contributed by atoms with E-state index in [4.69, 9.17) is 9.47 Å². The highest BCUT2D eigenvalue weighted by atomic mass is 16.5. The zero-order valence-electron chi connectivity index (χ0n) is 17.6. The molecule has 162 valence electrons. The highest BCUT2D eigenvalue weighted by Gasteiger charge is 2.40. The van der Waals surface area contributed by atoms with Crippen LogP contribution in [0.1, 0.15) is 24.5 Å². The quantitative estimate of drug-likeness (QED) is 0.382. The summed E-state index contributed by atoms with van der Waals surface area (Å²) in [6.07, 6.45) is 0.518. The molecular weight excluding hydrogens is 408 g/mol. The molecule has 0 atom stereocenters. The van der Waals surface area contributed by atoms with Gasteiger partial charge in [-0.1, -0.05) is 49.0 Å². The Bertz CT molecular complexity index is 1180. The number of nitrogens with one attached hydrogen (secondary N) is 2. The number of hydrogen-bond donors (Lipinski definition) is 2. The molecule has 2 N–H and O–H groups in total. The highest BCUT2D eigenvalue weighted by molar-refractivity contribution is 6.30. The Balaban J connectivity index is 1.51. The van der Waals surface area contributed by atoms with E-state index in [0.29, 0.717) is 52.5 Å². The molecule has 2 aromatic rings. The zero-order valence-corrected chi connectivity index (χ0v) is 17.6. The lowest BCUT2D eigenvalue weighted by Gasteiger charge is -2.10. The van der Waals surface area contributed by atoms with Crippen molar-refractivity contribution in [1.29, 1.82) is 0 Å². The predicted octanol–water partition coefficient (Wildman–Crippen LogP) is 2.96. The van der Waals surface area contributed by atoms with Crippen LogP contribution < -0.4 is 15.4 Å². The molecule has 0 fully saturated rings. The van der Waals surface area contributed by atoms with E-state index < -0.39 is 5.97 Å². The van der Waals surface area contributed by atoms with Gasteiger partial charge in [-0.15, -0.1) is 0 Å². The molecule has 4 rings (SSSR count). The maximum absolute atomic E-state index is 12.7. The van der Waals surface area contributed by atoms with Gasteiger partial charge in [0.05, 0.1) is 35.8 Å². The summed E-state index contributed by atoms with van der Waals surface area (Å²) < 4.78 is 10.8. The van der Waals surface area contributed by atoms with Gasteiger partial charge in [-0.2, -0.15) is 0 Å². The fraction of sp³-hybridized carbons (Fsp3) is 0.160. The molecule has 0 radical (unpaired) electrons. The molecule has 0 aromatic heterocycles. The van der Waals surface area contributed by atoms with Crippen molar-refractivity contribution < 1.29 is 23.9 Å². The summed E-state index contributed by atoms with van der Waals surface area (Å²) in [5.74, 6) is -0.489. The van der Waals surface area contributed by atoms with Crippen molar-refractivity contribution in [2.45, 2.75) is 13.3 Å². The Morgan fingerprint density at radius 3 is 2.16 bits per heavy atom. The smallest absolute Gasteiger partial charge is 0.333 e. The third-order valence-corrected chi connectivity index (χ3v) is 5.01. The van der Waals surface area contributed by atoms with Gasteiger partial charge in [0.1, 0.15) is 5.75 Å². The molecule has 2 amide bonds. The lowest BCUT2D eigenvalue weighted by atomic mass is 10.0. The Morgan fingerprint density at radius 2 is 1.50 bits per heavy atom. The van der Waals surface area contributed by atoms with Gasteiger partial charge in [-0.05, 0) is 24.6 Å². The number of benzene rings is 2. The molecule has 2 aromatic carbocycles. The molecule has 32 heavy (non-hydrogen) atoms. The molecular formula is C25H22N2O5. The van der Waals surface area contributed by atoms with Crippen molar-refractivity contribution in [3.63, 3.8) is 0 Å². The number of carbonyl (C=O) groups is 3. The second-order valence-electron chi connectivity index (χ2n) is 7.42. The molecule has 2 aliphatic rings. The third kappa shape index (κ3) is 4.18. The molecule has 7 heteroatoms. The summed E-state index contributed by atoms with van der Waals surface area (Å²) in [6.45, 7) is 5.70. The third-order valence-electron chi connectivity index (χ3n) is 5.01. The van der Waals surface area contributed by atoms with Crippen LogP contribution in [0.3, 0.4) is 0 Å². The maximum atomic E-state index is 12.7. The fourth-order valence-electron chi connectivity index (χ4n) is 3.50. The van der Waals surface area contributed by atoms with E-state index in [1.54, 1.807) is 31.2 Å². The fourth-order valence-corrected chi connectivity index (χ4v) is 3.50. The van der Waals surface area contributed by atoms with Crippen molar-refractivity contribution in [1.82, 2.24) is 10.6 Å². The molecule has 0 saturated carbocycles. The van der Waals surface area contributed by atoms with Gasteiger partial charge in [0.25, 0.3) is 11.8 Å². The van der Waals surface area contributed by atoms with E-state index in [1.165, 1.54) is 0 Å². The molecule has 0 spiro atoms. The minimum absolute atomic E-state index is 0.229. The maximum Gasteiger partial charge on any atom is 0.333 e. The van der Waals surface area contributed by atoms with Gasteiger partial charge in [-0.3, -0.25) is 9.59 Å². The largest absolute Gasteiger partial charge is 0.493 e. The van der Waals surface area contributed by atoms with Crippen LogP contribution in [0.2, 0.25) is 0 Å². The molecule has 2 aliphatic heterocycles. The van der Waals surface area contributed by atoms with Gasteiger partial charge in [0.15, 0.2) is 0 Å². The highest BCUT2D eigenvalue weighted by Crippen LogP contribution is 2.37. The molecule has 0 aliphatic carbocycles. The van der Waals surface area contributed by atoms with Crippen LogP contribution in [0.15, 0.2) is 77.9 Å². The van der Waals surface area contributed by atoms with Crippen LogP contribution >= 0.6 is 0 Å². The summed E-state index contributed by atoms with van der Waals surface area (Å²) >= 11 is 0.